The minimum atomic E-state index is -0.423. The first-order chi connectivity index (χ1) is 14.6. The third-order valence-electron chi connectivity index (χ3n) is 4.76. The summed E-state index contributed by atoms with van der Waals surface area (Å²) in [4.78, 5) is 24.0. The molecular formula is C25H18N2O3. The maximum atomic E-state index is 13.1. The Labute approximate surface area is 173 Å². The van der Waals surface area contributed by atoms with Crippen LogP contribution in [0.25, 0.3) is 11.1 Å². The number of anilines is 2. The summed E-state index contributed by atoms with van der Waals surface area (Å²) in [6.07, 6.45) is 0. The lowest BCUT2D eigenvalue weighted by molar-refractivity contribution is -0.383. The molecule has 4 aromatic carbocycles. The van der Waals surface area contributed by atoms with E-state index in [0.717, 1.165) is 11.1 Å². The van der Waals surface area contributed by atoms with Gasteiger partial charge < -0.3 is 5.32 Å². The van der Waals surface area contributed by atoms with Crippen LogP contribution in [0.5, 0.6) is 0 Å². The van der Waals surface area contributed by atoms with Gasteiger partial charge in [-0.05, 0) is 35.4 Å². The molecule has 0 aromatic heterocycles. The van der Waals surface area contributed by atoms with E-state index in [0.29, 0.717) is 22.5 Å². The molecule has 0 radical (unpaired) electrons. The Morgan fingerprint density at radius 1 is 0.767 bits per heavy atom. The van der Waals surface area contributed by atoms with Crippen LogP contribution in [0.3, 0.4) is 0 Å². The van der Waals surface area contributed by atoms with Gasteiger partial charge in [-0.15, -0.1) is 0 Å². The number of nitro groups is 1. The molecule has 0 aliphatic rings. The molecule has 0 aliphatic heterocycles. The van der Waals surface area contributed by atoms with Crippen LogP contribution < -0.4 is 5.32 Å². The number of benzene rings is 4. The molecule has 4 rings (SSSR count). The standard InChI is InChI=1S/C25H18N2O3/c28-25(19-11-5-2-6-12-19)21-16-15-20(17-22(21)18-9-3-1-4-10-18)26-23-13-7-8-14-24(23)27(29)30/h1-17,26H. The van der Waals surface area contributed by atoms with Crippen LogP contribution >= 0.6 is 0 Å². The second-order valence-electron chi connectivity index (χ2n) is 6.72. The fraction of sp³-hybridized carbons (Fsp3) is 0. The van der Waals surface area contributed by atoms with Crippen LogP contribution in [0.15, 0.2) is 103 Å². The van der Waals surface area contributed by atoms with Crippen LogP contribution in [0.4, 0.5) is 17.1 Å². The number of ketones is 1. The Morgan fingerprint density at radius 2 is 1.40 bits per heavy atom. The van der Waals surface area contributed by atoms with E-state index in [1.807, 2.05) is 54.6 Å². The summed E-state index contributed by atoms with van der Waals surface area (Å²) >= 11 is 0. The van der Waals surface area contributed by atoms with Crippen molar-refractivity contribution in [3.63, 3.8) is 0 Å². The van der Waals surface area contributed by atoms with Crippen LogP contribution in [0.2, 0.25) is 0 Å². The van der Waals surface area contributed by atoms with Gasteiger partial charge in [0.25, 0.3) is 5.69 Å². The molecule has 5 nitrogen and oxygen atoms in total. The zero-order valence-corrected chi connectivity index (χ0v) is 16.0. The average Bonchev–Trinajstić information content (AvgIpc) is 2.80. The van der Waals surface area contributed by atoms with E-state index in [2.05, 4.69) is 5.32 Å². The van der Waals surface area contributed by atoms with Gasteiger partial charge in [0.1, 0.15) is 5.69 Å². The molecule has 30 heavy (non-hydrogen) atoms. The zero-order valence-electron chi connectivity index (χ0n) is 16.0. The molecule has 0 bridgehead atoms. The summed E-state index contributed by atoms with van der Waals surface area (Å²) in [5.41, 5.74) is 3.87. The summed E-state index contributed by atoms with van der Waals surface area (Å²) in [6, 6.07) is 30.6. The Bertz CT molecular complexity index is 1210. The van der Waals surface area contributed by atoms with Gasteiger partial charge in [-0.1, -0.05) is 72.8 Å². The first kappa shape index (κ1) is 19.1. The van der Waals surface area contributed by atoms with Crippen LogP contribution in [0.1, 0.15) is 15.9 Å². The van der Waals surface area contributed by atoms with Gasteiger partial charge in [0, 0.05) is 22.9 Å². The molecule has 0 saturated carbocycles. The van der Waals surface area contributed by atoms with E-state index in [-0.39, 0.29) is 11.5 Å². The number of hydrogen-bond donors (Lipinski definition) is 1. The molecule has 0 unspecified atom stereocenters. The third-order valence-corrected chi connectivity index (χ3v) is 4.76. The lowest BCUT2D eigenvalue weighted by Crippen LogP contribution is -2.04. The van der Waals surface area contributed by atoms with Crippen molar-refractivity contribution in [2.45, 2.75) is 0 Å². The second-order valence-corrected chi connectivity index (χ2v) is 6.72. The number of nitrogens with one attached hydrogen (secondary N) is 1. The fourth-order valence-electron chi connectivity index (χ4n) is 3.32. The van der Waals surface area contributed by atoms with E-state index >= 15 is 0 Å². The van der Waals surface area contributed by atoms with Gasteiger partial charge in [-0.3, -0.25) is 14.9 Å². The first-order valence-electron chi connectivity index (χ1n) is 9.43. The molecule has 5 heteroatoms. The molecule has 4 aromatic rings. The number of para-hydroxylation sites is 2. The average molecular weight is 394 g/mol. The second kappa shape index (κ2) is 8.41. The highest BCUT2D eigenvalue weighted by atomic mass is 16.6. The smallest absolute Gasteiger partial charge is 0.292 e. The van der Waals surface area contributed by atoms with Gasteiger partial charge in [0.15, 0.2) is 5.78 Å². The Morgan fingerprint density at radius 3 is 2.10 bits per heavy atom. The van der Waals surface area contributed by atoms with Crippen molar-refractivity contribution in [3.05, 3.63) is 124 Å². The van der Waals surface area contributed by atoms with Gasteiger partial charge in [0.05, 0.1) is 4.92 Å². The Kier molecular flexibility index (Phi) is 5.35. The van der Waals surface area contributed by atoms with Crippen molar-refractivity contribution in [1.29, 1.82) is 0 Å². The molecule has 0 aliphatic carbocycles. The lowest BCUT2D eigenvalue weighted by atomic mass is 9.93. The molecular weight excluding hydrogens is 376 g/mol. The SMILES string of the molecule is O=C(c1ccccc1)c1ccc(Nc2ccccc2[N+](=O)[O-])cc1-c1ccccc1. The maximum absolute atomic E-state index is 13.1. The van der Waals surface area contributed by atoms with Crippen LogP contribution in [-0.4, -0.2) is 10.7 Å². The lowest BCUT2D eigenvalue weighted by Gasteiger charge is -2.13. The van der Waals surface area contributed by atoms with Gasteiger partial charge >= 0.3 is 0 Å². The number of carbonyl (C=O) groups excluding carboxylic acids is 1. The Hall–Kier alpha value is -4.25. The molecule has 0 saturated heterocycles. The highest BCUT2D eigenvalue weighted by Crippen LogP contribution is 2.32. The molecule has 0 fully saturated rings. The van der Waals surface area contributed by atoms with Crippen LogP contribution in [0, 0.1) is 10.1 Å². The molecule has 0 atom stereocenters. The first-order valence-corrected chi connectivity index (χ1v) is 9.43. The molecule has 0 heterocycles. The van der Waals surface area contributed by atoms with Crippen molar-refractivity contribution in [3.8, 4) is 11.1 Å². The van der Waals surface area contributed by atoms with E-state index < -0.39 is 4.92 Å². The number of nitrogens with zero attached hydrogens (tertiary/aromatic N) is 1. The molecule has 1 N–H and O–H groups in total. The highest BCUT2D eigenvalue weighted by molar-refractivity contribution is 6.13. The van der Waals surface area contributed by atoms with Crippen molar-refractivity contribution in [2.75, 3.05) is 5.32 Å². The van der Waals surface area contributed by atoms with Crippen molar-refractivity contribution in [2.24, 2.45) is 0 Å². The maximum Gasteiger partial charge on any atom is 0.292 e. The number of carbonyl (C=O) groups is 1. The Balaban J connectivity index is 1.79. The van der Waals surface area contributed by atoms with Crippen molar-refractivity contribution >= 4 is 22.8 Å². The number of rotatable bonds is 6. The fourth-order valence-corrected chi connectivity index (χ4v) is 3.32. The largest absolute Gasteiger partial charge is 0.350 e. The minimum absolute atomic E-state index is 0.0109. The summed E-state index contributed by atoms with van der Waals surface area (Å²) in [6.45, 7) is 0. The third kappa shape index (κ3) is 3.95. The minimum Gasteiger partial charge on any atom is -0.350 e. The predicted molar refractivity (Wildman–Crippen MR) is 118 cm³/mol. The summed E-state index contributed by atoms with van der Waals surface area (Å²) in [5.74, 6) is -0.0771. The monoisotopic (exact) mass is 394 g/mol. The quantitative estimate of drug-likeness (QED) is 0.239. The normalized spacial score (nSPS) is 10.4. The topological polar surface area (TPSA) is 72.2 Å². The summed E-state index contributed by atoms with van der Waals surface area (Å²) in [7, 11) is 0. The number of nitro benzene ring substituents is 1. The molecule has 0 amide bonds. The van der Waals surface area contributed by atoms with Crippen molar-refractivity contribution in [1.82, 2.24) is 0 Å². The highest BCUT2D eigenvalue weighted by Gasteiger charge is 2.17. The van der Waals surface area contributed by atoms with Gasteiger partial charge in [0.2, 0.25) is 0 Å². The van der Waals surface area contributed by atoms with Crippen molar-refractivity contribution < 1.29 is 9.72 Å². The zero-order chi connectivity index (χ0) is 20.9. The summed E-state index contributed by atoms with van der Waals surface area (Å²) < 4.78 is 0. The van der Waals surface area contributed by atoms with E-state index in [9.17, 15) is 14.9 Å². The molecule has 0 spiro atoms. The van der Waals surface area contributed by atoms with Crippen LogP contribution in [-0.2, 0) is 0 Å². The van der Waals surface area contributed by atoms with Gasteiger partial charge in [-0.25, -0.2) is 0 Å². The molecule has 146 valence electrons. The van der Waals surface area contributed by atoms with E-state index in [4.69, 9.17) is 0 Å². The number of hydrogen-bond acceptors (Lipinski definition) is 4. The van der Waals surface area contributed by atoms with Gasteiger partial charge in [-0.2, -0.15) is 0 Å². The van der Waals surface area contributed by atoms with E-state index in [1.54, 1.807) is 42.5 Å². The summed E-state index contributed by atoms with van der Waals surface area (Å²) in [5, 5.41) is 14.4. The predicted octanol–water partition coefficient (Wildman–Crippen LogP) is 6.24. The van der Waals surface area contributed by atoms with E-state index in [1.165, 1.54) is 6.07 Å².